The Labute approximate surface area is 176 Å². The minimum absolute atomic E-state index is 0.00780. The van der Waals surface area contributed by atoms with Gasteiger partial charge in [0.05, 0.1) is 6.42 Å². The first-order valence-electron chi connectivity index (χ1n) is 8.61. The van der Waals surface area contributed by atoms with Crippen LogP contribution in [-0.2, 0) is 27.3 Å². The maximum absolute atomic E-state index is 12.5. The van der Waals surface area contributed by atoms with Gasteiger partial charge in [0.2, 0.25) is 11.8 Å². The quantitative estimate of drug-likeness (QED) is 0.527. The molecule has 0 aliphatic carbocycles. The molecule has 0 spiro atoms. The number of carbonyl (C=O) groups is 3. The minimum atomic E-state index is -1.03. The smallest absolute Gasteiger partial charge is 0.303 e. The molecule has 0 heterocycles. The fourth-order valence-electron chi connectivity index (χ4n) is 2.48. The Morgan fingerprint density at radius 3 is 2.21 bits per heavy atom. The van der Waals surface area contributed by atoms with Gasteiger partial charge in [-0.2, -0.15) is 0 Å². The van der Waals surface area contributed by atoms with E-state index >= 15 is 0 Å². The van der Waals surface area contributed by atoms with Gasteiger partial charge in [-0.25, -0.2) is 0 Å². The van der Waals surface area contributed by atoms with Crippen LogP contribution in [0.1, 0.15) is 24.0 Å². The van der Waals surface area contributed by atoms with Gasteiger partial charge >= 0.3 is 5.97 Å². The number of benzene rings is 2. The molecule has 0 saturated carbocycles. The number of carboxylic acid groups (broad SMARTS) is 1. The average molecular weight is 468 g/mol. The van der Waals surface area contributed by atoms with Crippen molar-refractivity contribution in [1.29, 1.82) is 0 Å². The number of amides is 2. The Balaban J connectivity index is 1.95. The predicted molar refractivity (Wildman–Crippen MR) is 110 cm³/mol. The van der Waals surface area contributed by atoms with Gasteiger partial charge in [0.1, 0.15) is 6.04 Å². The van der Waals surface area contributed by atoms with Crippen molar-refractivity contribution >= 4 is 45.3 Å². The highest BCUT2D eigenvalue weighted by Crippen LogP contribution is 2.12. The van der Waals surface area contributed by atoms with Gasteiger partial charge in [0, 0.05) is 22.5 Å². The first-order chi connectivity index (χ1) is 13.3. The molecule has 0 aliphatic heterocycles. The van der Waals surface area contributed by atoms with Crippen LogP contribution in [0.15, 0.2) is 53.0 Å². The van der Waals surface area contributed by atoms with Crippen molar-refractivity contribution < 1.29 is 19.5 Å². The average Bonchev–Trinajstić information content (AvgIpc) is 2.66. The van der Waals surface area contributed by atoms with Crippen LogP contribution in [0.25, 0.3) is 0 Å². The Kier molecular flexibility index (Phi) is 8.47. The molecular weight excluding hydrogens is 448 g/mol. The Morgan fingerprint density at radius 1 is 1.00 bits per heavy atom. The van der Waals surface area contributed by atoms with Gasteiger partial charge in [-0.3, -0.25) is 14.4 Å². The van der Waals surface area contributed by atoms with Crippen LogP contribution < -0.4 is 10.6 Å². The van der Waals surface area contributed by atoms with Crippen LogP contribution in [0.4, 0.5) is 0 Å². The van der Waals surface area contributed by atoms with E-state index in [-0.39, 0.29) is 31.7 Å². The summed E-state index contributed by atoms with van der Waals surface area (Å²) >= 11 is 9.16. The minimum Gasteiger partial charge on any atom is -0.481 e. The lowest BCUT2D eigenvalue weighted by Crippen LogP contribution is -2.47. The van der Waals surface area contributed by atoms with Crippen LogP contribution >= 0.6 is 27.5 Å². The van der Waals surface area contributed by atoms with Gasteiger partial charge < -0.3 is 15.7 Å². The van der Waals surface area contributed by atoms with Crippen molar-refractivity contribution in [2.45, 2.75) is 31.8 Å². The summed E-state index contributed by atoms with van der Waals surface area (Å²) in [5.41, 5.74) is 1.63. The molecule has 28 heavy (non-hydrogen) atoms. The maximum Gasteiger partial charge on any atom is 0.303 e. The Hall–Kier alpha value is -2.38. The van der Waals surface area contributed by atoms with Gasteiger partial charge in [0.25, 0.3) is 0 Å². The third kappa shape index (κ3) is 7.70. The molecule has 0 radical (unpaired) electrons. The summed E-state index contributed by atoms with van der Waals surface area (Å²) in [6.07, 6.45) is -0.118. The first-order valence-corrected chi connectivity index (χ1v) is 9.78. The topological polar surface area (TPSA) is 95.5 Å². The summed E-state index contributed by atoms with van der Waals surface area (Å²) in [5, 5.41) is 14.9. The molecule has 2 amide bonds. The van der Waals surface area contributed by atoms with E-state index in [1.165, 1.54) is 0 Å². The summed E-state index contributed by atoms with van der Waals surface area (Å²) in [6, 6.07) is 13.3. The molecule has 2 aromatic carbocycles. The van der Waals surface area contributed by atoms with E-state index in [1.807, 2.05) is 12.1 Å². The van der Waals surface area contributed by atoms with Crippen LogP contribution in [0.5, 0.6) is 0 Å². The van der Waals surface area contributed by atoms with Gasteiger partial charge in [-0.05, 0) is 41.8 Å². The number of hydrogen-bond donors (Lipinski definition) is 3. The SMILES string of the molecule is O=C(O)CC[C@H](NC(=O)Cc1ccc(Br)cc1)C(=O)NCc1ccc(Cl)cc1. The van der Waals surface area contributed by atoms with E-state index < -0.39 is 17.9 Å². The number of nitrogens with one attached hydrogen (secondary N) is 2. The molecule has 6 nitrogen and oxygen atoms in total. The molecule has 0 bridgehead atoms. The van der Waals surface area contributed by atoms with Crippen molar-refractivity contribution in [3.05, 3.63) is 69.2 Å². The zero-order valence-electron chi connectivity index (χ0n) is 15.0. The fourth-order valence-corrected chi connectivity index (χ4v) is 2.87. The Bertz CT molecular complexity index is 825. The second kappa shape index (κ2) is 10.8. The molecule has 0 aromatic heterocycles. The fraction of sp³-hybridized carbons (Fsp3) is 0.250. The molecule has 0 fully saturated rings. The largest absolute Gasteiger partial charge is 0.481 e. The lowest BCUT2D eigenvalue weighted by atomic mass is 10.1. The van der Waals surface area contributed by atoms with E-state index in [4.69, 9.17) is 16.7 Å². The van der Waals surface area contributed by atoms with Crippen molar-refractivity contribution in [2.24, 2.45) is 0 Å². The lowest BCUT2D eigenvalue weighted by molar-refractivity contribution is -0.138. The van der Waals surface area contributed by atoms with E-state index in [1.54, 1.807) is 36.4 Å². The number of hydrogen-bond acceptors (Lipinski definition) is 3. The lowest BCUT2D eigenvalue weighted by Gasteiger charge is -2.18. The standard InChI is InChI=1S/C20H20BrClN2O4/c21-15-5-1-13(2-6-15)11-18(25)24-17(9-10-19(26)27)20(28)23-12-14-3-7-16(22)8-4-14/h1-8,17H,9-12H2,(H,23,28)(H,24,25)(H,26,27)/t17-/m0/s1. The summed E-state index contributed by atoms with van der Waals surface area (Å²) in [4.78, 5) is 35.7. The van der Waals surface area contributed by atoms with E-state index in [2.05, 4.69) is 26.6 Å². The Morgan fingerprint density at radius 2 is 1.61 bits per heavy atom. The molecule has 0 saturated heterocycles. The van der Waals surface area contributed by atoms with Crippen LogP contribution in [0.3, 0.4) is 0 Å². The third-order valence-electron chi connectivity index (χ3n) is 3.96. The molecule has 148 valence electrons. The highest BCUT2D eigenvalue weighted by molar-refractivity contribution is 9.10. The van der Waals surface area contributed by atoms with Crippen LogP contribution in [0, 0.1) is 0 Å². The number of halogens is 2. The number of carboxylic acids is 1. The maximum atomic E-state index is 12.5. The highest BCUT2D eigenvalue weighted by Gasteiger charge is 2.21. The van der Waals surface area contributed by atoms with Crippen molar-refractivity contribution in [1.82, 2.24) is 10.6 Å². The molecular formula is C20H20BrClN2O4. The van der Waals surface area contributed by atoms with Gasteiger partial charge in [-0.1, -0.05) is 51.8 Å². The summed E-state index contributed by atoms with van der Waals surface area (Å²) in [7, 11) is 0. The monoisotopic (exact) mass is 466 g/mol. The summed E-state index contributed by atoms with van der Waals surface area (Å²) in [5.74, 6) is -1.81. The predicted octanol–water partition coefficient (Wildman–Crippen LogP) is 3.31. The van der Waals surface area contributed by atoms with Crippen molar-refractivity contribution in [3.8, 4) is 0 Å². The second-order valence-electron chi connectivity index (χ2n) is 6.20. The summed E-state index contributed by atoms with van der Waals surface area (Å²) in [6.45, 7) is 0.252. The molecule has 2 aromatic rings. The molecule has 3 N–H and O–H groups in total. The normalized spacial score (nSPS) is 11.5. The summed E-state index contributed by atoms with van der Waals surface area (Å²) < 4.78 is 0.901. The van der Waals surface area contributed by atoms with E-state index in [9.17, 15) is 14.4 Å². The first kappa shape index (κ1) is 21.9. The number of carbonyl (C=O) groups excluding carboxylic acids is 2. The number of rotatable bonds is 9. The van der Waals surface area contributed by atoms with Crippen LogP contribution in [0.2, 0.25) is 5.02 Å². The van der Waals surface area contributed by atoms with Crippen LogP contribution in [-0.4, -0.2) is 28.9 Å². The zero-order valence-corrected chi connectivity index (χ0v) is 17.3. The van der Waals surface area contributed by atoms with Gasteiger partial charge in [-0.15, -0.1) is 0 Å². The molecule has 0 aliphatic rings. The molecule has 1 atom stereocenters. The highest BCUT2D eigenvalue weighted by atomic mass is 79.9. The third-order valence-corrected chi connectivity index (χ3v) is 4.74. The number of aliphatic carboxylic acids is 1. The molecule has 8 heteroatoms. The molecule has 2 rings (SSSR count). The zero-order chi connectivity index (χ0) is 20.5. The van der Waals surface area contributed by atoms with E-state index in [0.717, 1.165) is 15.6 Å². The van der Waals surface area contributed by atoms with E-state index in [0.29, 0.717) is 5.02 Å². The molecule has 0 unspecified atom stereocenters. The van der Waals surface area contributed by atoms with Crippen molar-refractivity contribution in [2.75, 3.05) is 0 Å². The second-order valence-corrected chi connectivity index (χ2v) is 7.55. The van der Waals surface area contributed by atoms with Crippen molar-refractivity contribution in [3.63, 3.8) is 0 Å². The van der Waals surface area contributed by atoms with Gasteiger partial charge in [0.15, 0.2) is 0 Å².